The number of anilines is 1. The standard InChI is InChI=1S/C18H19N3O6/c1-27-15-7-6-11(21(25)26)10-14(15)19-16(22)8-9-20-17(23)12-4-2-3-5-13(12)18(20)24/h2-3,6-7,10,12-13H,4-5,8-9H2,1H3,(H,19,22)/t12-,13-/m1/s1. The van der Waals surface area contributed by atoms with Gasteiger partial charge in [0.05, 0.1) is 29.6 Å². The molecule has 0 radical (unpaired) electrons. The Bertz CT molecular complexity index is 808. The van der Waals surface area contributed by atoms with E-state index in [1.54, 1.807) is 0 Å². The van der Waals surface area contributed by atoms with E-state index in [1.807, 2.05) is 12.2 Å². The third-order valence-electron chi connectivity index (χ3n) is 4.83. The number of allylic oxidation sites excluding steroid dienone is 2. The Balaban J connectivity index is 1.64. The van der Waals surface area contributed by atoms with Gasteiger partial charge in [0.25, 0.3) is 5.69 Å². The molecule has 1 fully saturated rings. The van der Waals surface area contributed by atoms with Crippen molar-refractivity contribution in [1.82, 2.24) is 4.90 Å². The summed E-state index contributed by atoms with van der Waals surface area (Å²) in [6.07, 6.45) is 4.79. The van der Waals surface area contributed by atoms with Gasteiger partial charge >= 0.3 is 0 Å². The summed E-state index contributed by atoms with van der Waals surface area (Å²) < 4.78 is 5.09. The van der Waals surface area contributed by atoms with Crippen molar-refractivity contribution in [2.24, 2.45) is 11.8 Å². The molecule has 3 rings (SSSR count). The summed E-state index contributed by atoms with van der Waals surface area (Å²) >= 11 is 0. The van der Waals surface area contributed by atoms with Gasteiger partial charge in [0.2, 0.25) is 17.7 Å². The average molecular weight is 373 g/mol. The van der Waals surface area contributed by atoms with E-state index in [1.165, 1.54) is 25.3 Å². The fourth-order valence-corrected chi connectivity index (χ4v) is 3.42. The second kappa shape index (κ2) is 7.56. The number of nitro benzene ring substituents is 1. The van der Waals surface area contributed by atoms with Gasteiger partial charge in [-0.25, -0.2) is 0 Å². The van der Waals surface area contributed by atoms with E-state index in [0.717, 1.165) is 4.90 Å². The van der Waals surface area contributed by atoms with Crippen LogP contribution in [0.4, 0.5) is 11.4 Å². The maximum atomic E-state index is 12.4. The van der Waals surface area contributed by atoms with Gasteiger partial charge in [-0.05, 0) is 18.9 Å². The van der Waals surface area contributed by atoms with Crippen LogP contribution in [0.3, 0.4) is 0 Å². The molecule has 0 saturated carbocycles. The number of nitro groups is 1. The molecule has 0 aromatic heterocycles. The van der Waals surface area contributed by atoms with Crippen LogP contribution < -0.4 is 10.1 Å². The number of hydrogen-bond donors (Lipinski definition) is 1. The molecule has 9 heteroatoms. The van der Waals surface area contributed by atoms with E-state index in [2.05, 4.69) is 5.32 Å². The van der Waals surface area contributed by atoms with E-state index >= 15 is 0 Å². The number of fused-ring (bicyclic) bond motifs is 1. The van der Waals surface area contributed by atoms with Crippen LogP contribution in [0, 0.1) is 22.0 Å². The highest BCUT2D eigenvalue weighted by Gasteiger charge is 2.46. The molecule has 1 heterocycles. The number of methoxy groups -OCH3 is 1. The topological polar surface area (TPSA) is 119 Å². The molecule has 1 aromatic rings. The molecule has 1 saturated heterocycles. The Hall–Kier alpha value is -3.23. The Morgan fingerprint density at radius 3 is 2.44 bits per heavy atom. The molecule has 2 aliphatic rings. The van der Waals surface area contributed by atoms with Crippen LogP contribution in [0.15, 0.2) is 30.4 Å². The molecule has 9 nitrogen and oxygen atoms in total. The lowest BCUT2D eigenvalue weighted by Crippen LogP contribution is -2.34. The van der Waals surface area contributed by atoms with Crippen molar-refractivity contribution in [3.8, 4) is 5.75 Å². The highest BCUT2D eigenvalue weighted by molar-refractivity contribution is 6.06. The number of imide groups is 1. The fourth-order valence-electron chi connectivity index (χ4n) is 3.42. The predicted octanol–water partition coefficient (Wildman–Crippen LogP) is 1.88. The second-order valence-electron chi connectivity index (χ2n) is 6.42. The molecule has 1 aromatic carbocycles. The number of hydrogen-bond acceptors (Lipinski definition) is 6. The van der Waals surface area contributed by atoms with Gasteiger partial charge in [-0.2, -0.15) is 0 Å². The van der Waals surface area contributed by atoms with Gasteiger partial charge in [0.15, 0.2) is 0 Å². The summed E-state index contributed by atoms with van der Waals surface area (Å²) in [5, 5.41) is 13.4. The van der Waals surface area contributed by atoms with Crippen LogP contribution in [0.2, 0.25) is 0 Å². The number of nitrogens with one attached hydrogen (secondary N) is 1. The first kappa shape index (κ1) is 18.6. The number of ether oxygens (including phenoxy) is 1. The minimum atomic E-state index is -0.577. The van der Waals surface area contributed by atoms with Crippen molar-refractivity contribution in [1.29, 1.82) is 0 Å². The van der Waals surface area contributed by atoms with Gasteiger partial charge in [-0.3, -0.25) is 29.4 Å². The molecule has 2 atom stereocenters. The largest absolute Gasteiger partial charge is 0.495 e. The summed E-state index contributed by atoms with van der Waals surface area (Å²) in [6.45, 7) is -0.0201. The van der Waals surface area contributed by atoms with E-state index in [4.69, 9.17) is 4.74 Å². The highest BCUT2D eigenvalue weighted by atomic mass is 16.6. The first-order valence-corrected chi connectivity index (χ1v) is 8.55. The molecular formula is C18H19N3O6. The van der Waals surface area contributed by atoms with Gasteiger partial charge in [-0.1, -0.05) is 12.2 Å². The lowest BCUT2D eigenvalue weighted by molar-refractivity contribution is -0.384. The Kier molecular flexibility index (Phi) is 5.20. The summed E-state index contributed by atoms with van der Waals surface area (Å²) in [6, 6.07) is 3.86. The van der Waals surface area contributed by atoms with Gasteiger partial charge in [-0.15, -0.1) is 0 Å². The van der Waals surface area contributed by atoms with Crippen molar-refractivity contribution in [2.75, 3.05) is 19.0 Å². The van der Waals surface area contributed by atoms with Crippen molar-refractivity contribution < 1.29 is 24.0 Å². The quantitative estimate of drug-likeness (QED) is 0.352. The number of amides is 3. The SMILES string of the molecule is COc1ccc([N+](=O)[O-])cc1NC(=O)CCN1C(=O)[C@@H]2CC=CC[C@H]2C1=O. The first-order chi connectivity index (χ1) is 12.9. The Morgan fingerprint density at radius 1 is 1.26 bits per heavy atom. The lowest BCUT2D eigenvalue weighted by Gasteiger charge is -2.15. The van der Waals surface area contributed by atoms with Crippen LogP contribution in [0.1, 0.15) is 19.3 Å². The number of non-ortho nitro benzene ring substituents is 1. The molecule has 0 bridgehead atoms. The van der Waals surface area contributed by atoms with Crippen molar-refractivity contribution in [2.45, 2.75) is 19.3 Å². The second-order valence-corrected chi connectivity index (χ2v) is 6.42. The van der Waals surface area contributed by atoms with Crippen LogP contribution in [-0.4, -0.2) is 41.2 Å². The van der Waals surface area contributed by atoms with Gasteiger partial charge < -0.3 is 10.1 Å². The summed E-state index contributed by atoms with van der Waals surface area (Å²) in [5.41, 5.74) is -0.0266. The van der Waals surface area contributed by atoms with Crippen LogP contribution in [-0.2, 0) is 14.4 Å². The zero-order valence-corrected chi connectivity index (χ0v) is 14.7. The number of nitrogens with zero attached hydrogens (tertiary/aromatic N) is 2. The molecule has 142 valence electrons. The van der Waals surface area contributed by atoms with Crippen LogP contribution in [0.25, 0.3) is 0 Å². The first-order valence-electron chi connectivity index (χ1n) is 8.55. The number of benzene rings is 1. The number of rotatable bonds is 6. The van der Waals surface area contributed by atoms with E-state index in [9.17, 15) is 24.5 Å². The number of likely N-dealkylation sites (tertiary alicyclic amines) is 1. The third kappa shape index (κ3) is 3.67. The summed E-state index contributed by atoms with van der Waals surface area (Å²) in [4.78, 5) is 48.5. The lowest BCUT2D eigenvalue weighted by atomic mass is 9.85. The molecule has 1 N–H and O–H groups in total. The van der Waals surface area contributed by atoms with E-state index in [-0.39, 0.29) is 53.7 Å². The van der Waals surface area contributed by atoms with E-state index < -0.39 is 10.8 Å². The Labute approximate surface area is 155 Å². The number of carbonyl (C=O) groups is 3. The zero-order valence-electron chi connectivity index (χ0n) is 14.7. The molecule has 0 unspecified atom stereocenters. The van der Waals surface area contributed by atoms with Crippen LogP contribution >= 0.6 is 0 Å². The smallest absolute Gasteiger partial charge is 0.271 e. The predicted molar refractivity (Wildman–Crippen MR) is 95.0 cm³/mol. The van der Waals surface area contributed by atoms with Gasteiger partial charge in [0.1, 0.15) is 5.75 Å². The summed E-state index contributed by atoms with van der Waals surface area (Å²) in [7, 11) is 1.38. The molecule has 1 aliphatic carbocycles. The van der Waals surface area contributed by atoms with Crippen molar-refractivity contribution in [3.63, 3.8) is 0 Å². The molecule has 0 spiro atoms. The average Bonchev–Trinajstić information content (AvgIpc) is 2.91. The number of carbonyl (C=O) groups excluding carboxylic acids is 3. The van der Waals surface area contributed by atoms with Crippen LogP contribution in [0.5, 0.6) is 5.75 Å². The molecule has 1 aliphatic heterocycles. The van der Waals surface area contributed by atoms with Gasteiger partial charge in [0, 0.05) is 25.1 Å². The minimum absolute atomic E-state index is 0.0201. The maximum absolute atomic E-state index is 12.4. The highest BCUT2D eigenvalue weighted by Crippen LogP contribution is 2.35. The molecule has 27 heavy (non-hydrogen) atoms. The normalized spacial score (nSPS) is 21.1. The van der Waals surface area contributed by atoms with E-state index in [0.29, 0.717) is 12.8 Å². The zero-order chi connectivity index (χ0) is 19.6. The monoisotopic (exact) mass is 373 g/mol. The van der Waals surface area contributed by atoms with Crippen molar-refractivity contribution in [3.05, 3.63) is 40.5 Å². The molecular weight excluding hydrogens is 354 g/mol. The Morgan fingerprint density at radius 2 is 1.89 bits per heavy atom. The maximum Gasteiger partial charge on any atom is 0.271 e. The summed E-state index contributed by atoms with van der Waals surface area (Å²) in [5.74, 6) is -1.34. The fraction of sp³-hybridized carbons (Fsp3) is 0.389. The molecule has 3 amide bonds. The minimum Gasteiger partial charge on any atom is -0.495 e. The van der Waals surface area contributed by atoms with Crippen molar-refractivity contribution >= 4 is 29.1 Å². The third-order valence-corrected chi connectivity index (χ3v) is 4.83.